The number of carboxylic acid groups (broad SMARTS) is 1. The van der Waals surface area contributed by atoms with Gasteiger partial charge in [0.1, 0.15) is 0 Å². The minimum atomic E-state index is -0.983. The maximum absolute atomic E-state index is 10.8. The van der Waals surface area contributed by atoms with Crippen molar-refractivity contribution in [3.05, 3.63) is 29.8 Å². The second kappa shape index (κ2) is 7.01. The molecule has 0 fully saturated rings. The Kier molecular flexibility index (Phi) is 6.38. The molecule has 0 atom stereocenters. The number of methoxy groups -OCH3 is 2. The van der Waals surface area contributed by atoms with E-state index < -0.39 is 5.97 Å². The van der Waals surface area contributed by atoms with Gasteiger partial charge in [-0.25, -0.2) is 9.78 Å². The fraction of sp³-hybridized carbons (Fsp3) is 0.167. The first-order valence-corrected chi connectivity index (χ1v) is 4.92. The van der Waals surface area contributed by atoms with E-state index in [0.717, 1.165) is 5.39 Å². The highest BCUT2D eigenvalue weighted by atomic mass is 35.5. The molecule has 1 N–H and O–H groups in total. The van der Waals surface area contributed by atoms with Crippen molar-refractivity contribution in [2.24, 2.45) is 0 Å². The highest BCUT2D eigenvalue weighted by Crippen LogP contribution is 2.28. The lowest BCUT2D eigenvalue weighted by molar-refractivity contribution is 0.0697. The van der Waals surface area contributed by atoms with Gasteiger partial charge in [0.05, 0.1) is 25.3 Å². The smallest absolute Gasteiger partial charge is 0.335 e. The average Bonchev–Trinajstić information content (AvgIpc) is 2.36. The molecule has 0 saturated carbocycles. The summed E-state index contributed by atoms with van der Waals surface area (Å²) < 4.78 is 10.2. The molecule has 0 aliphatic heterocycles. The van der Waals surface area contributed by atoms with E-state index in [1.54, 1.807) is 12.1 Å². The number of aromatic nitrogens is 1. The van der Waals surface area contributed by atoms with E-state index in [2.05, 4.69) is 4.98 Å². The van der Waals surface area contributed by atoms with Crippen LogP contribution in [0.4, 0.5) is 0 Å². The standard InChI is InChI=1S/C12H11NO4.2ClH/c1-16-10-6-7-3-4-8(12(14)15)5-9(7)13-11(10)17-2;;/h3-6H,1-2H3,(H,14,15);2*1H. The Balaban J connectivity index is 0.00000162. The summed E-state index contributed by atoms with van der Waals surface area (Å²) in [5, 5.41) is 9.69. The van der Waals surface area contributed by atoms with Gasteiger partial charge in [-0.3, -0.25) is 0 Å². The third-order valence-corrected chi connectivity index (χ3v) is 2.41. The molecular formula is C12H13Cl2NO4. The summed E-state index contributed by atoms with van der Waals surface area (Å²) in [6.07, 6.45) is 0. The minimum Gasteiger partial charge on any atom is -0.491 e. The van der Waals surface area contributed by atoms with E-state index in [4.69, 9.17) is 14.6 Å². The molecule has 0 spiro atoms. The van der Waals surface area contributed by atoms with Crippen molar-refractivity contribution < 1.29 is 19.4 Å². The lowest BCUT2D eigenvalue weighted by atomic mass is 10.1. The fourth-order valence-electron chi connectivity index (χ4n) is 1.56. The summed E-state index contributed by atoms with van der Waals surface area (Å²) in [6.45, 7) is 0. The lowest BCUT2D eigenvalue weighted by Crippen LogP contribution is -1.98. The molecule has 1 heterocycles. The Morgan fingerprint density at radius 3 is 2.37 bits per heavy atom. The number of hydrogen-bond acceptors (Lipinski definition) is 4. The van der Waals surface area contributed by atoms with E-state index in [9.17, 15) is 4.79 Å². The minimum absolute atomic E-state index is 0. The monoisotopic (exact) mass is 305 g/mol. The number of nitrogens with zero attached hydrogens (tertiary/aromatic N) is 1. The largest absolute Gasteiger partial charge is 0.491 e. The van der Waals surface area contributed by atoms with Crippen molar-refractivity contribution >= 4 is 41.7 Å². The van der Waals surface area contributed by atoms with Crippen LogP contribution in [0.3, 0.4) is 0 Å². The number of pyridine rings is 1. The maximum atomic E-state index is 10.8. The second-order valence-corrected chi connectivity index (χ2v) is 3.41. The van der Waals surface area contributed by atoms with Crippen LogP contribution in [0.15, 0.2) is 24.3 Å². The van der Waals surface area contributed by atoms with Crippen LogP contribution in [0.1, 0.15) is 10.4 Å². The number of benzene rings is 1. The molecule has 7 heteroatoms. The van der Waals surface area contributed by atoms with Crippen molar-refractivity contribution in [3.8, 4) is 11.6 Å². The highest BCUT2D eigenvalue weighted by Gasteiger charge is 2.10. The molecule has 5 nitrogen and oxygen atoms in total. The van der Waals surface area contributed by atoms with Crippen LogP contribution in [0.25, 0.3) is 10.9 Å². The van der Waals surface area contributed by atoms with Crippen LogP contribution >= 0.6 is 24.8 Å². The summed E-state index contributed by atoms with van der Waals surface area (Å²) in [7, 11) is 3.01. The van der Waals surface area contributed by atoms with E-state index >= 15 is 0 Å². The van der Waals surface area contributed by atoms with Gasteiger partial charge < -0.3 is 14.6 Å². The number of halogens is 2. The molecule has 0 aliphatic carbocycles. The van der Waals surface area contributed by atoms with Crippen LogP contribution in [-0.2, 0) is 0 Å². The van der Waals surface area contributed by atoms with Crippen LogP contribution in [0.5, 0.6) is 11.6 Å². The van der Waals surface area contributed by atoms with Gasteiger partial charge in [0.25, 0.3) is 5.88 Å². The molecule has 1 aromatic heterocycles. The number of aromatic carboxylic acids is 1. The van der Waals surface area contributed by atoms with E-state index in [0.29, 0.717) is 17.1 Å². The third-order valence-electron chi connectivity index (χ3n) is 2.41. The predicted octanol–water partition coefficient (Wildman–Crippen LogP) is 2.79. The van der Waals surface area contributed by atoms with Crippen LogP contribution in [0.2, 0.25) is 0 Å². The Morgan fingerprint density at radius 2 is 1.84 bits per heavy atom. The predicted molar refractivity (Wildman–Crippen MR) is 76.3 cm³/mol. The SMILES string of the molecule is COc1cc2ccc(C(=O)O)cc2nc1OC.Cl.Cl. The summed E-state index contributed by atoms with van der Waals surface area (Å²) in [5.41, 5.74) is 0.750. The zero-order valence-electron chi connectivity index (χ0n) is 10.2. The topological polar surface area (TPSA) is 68.7 Å². The number of fused-ring (bicyclic) bond motifs is 1. The van der Waals surface area contributed by atoms with Crippen LogP contribution in [-0.4, -0.2) is 30.3 Å². The Labute approximate surface area is 122 Å². The summed E-state index contributed by atoms with van der Waals surface area (Å²) in [6, 6.07) is 6.47. The Morgan fingerprint density at radius 1 is 1.16 bits per heavy atom. The van der Waals surface area contributed by atoms with E-state index in [1.165, 1.54) is 26.4 Å². The molecule has 2 rings (SSSR count). The average molecular weight is 306 g/mol. The second-order valence-electron chi connectivity index (χ2n) is 3.41. The quantitative estimate of drug-likeness (QED) is 0.944. The number of carboxylic acids is 1. The van der Waals surface area contributed by atoms with Gasteiger partial charge in [-0.2, -0.15) is 0 Å². The maximum Gasteiger partial charge on any atom is 0.335 e. The first-order valence-electron chi connectivity index (χ1n) is 4.92. The summed E-state index contributed by atoms with van der Waals surface area (Å²) >= 11 is 0. The van der Waals surface area contributed by atoms with Gasteiger partial charge in [0, 0.05) is 5.39 Å². The van der Waals surface area contributed by atoms with Crippen LogP contribution < -0.4 is 9.47 Å². The van der Waals surface area contributed by atoms with Gasteiger partial charge in [-0.1, -0.05) is 6.07 Å². The number of rotatable bonds is 3. The van der Waals surface area contributed by atoms with Crippen molar-refractivity contribution in [1.29, 1.82) is 0 Å². The lowest BCUT2D eigenvalue weighted by Gasteiger charge is -2.08. The molecule has 2 aromatic rings. The van der Waals surface area contributed by atoms with Crippen molar-refractivity contribution in [2.45, 2.75) is 0 Å². The van der Waals surface area contributed by atoms with Gasteiger partial charge in [-0.05, 0) is 18.2 Å². The molecule has 1 aromatic carbocycles. The molecule has 0 aliphatic rings. The van der Waals surface area contributed by atoms with Gasteiger partial charge in [0.2, 0.25) is 0 Å². The molecule has 0 bridgehead atoms. The van der Waals surface area contributed by atoms with Gasteiger partial charge in [0.15, 0.2) is 5.75 Å². The number of hydrogen-bond donors (Lipinski definition) is 1. The van der Waals surface area contributed by atoms with Crippen molar-refractivity contribution in [1.82, 2.24) is 4.98 Å². The first-order chi connectivity index (χ1) is 8.15. The molecule has 19 heavy (non-hydrogen) atoms. The number of carbonyl (C=O) groups is 1. The number of ether oxygens (including phenoxy) is 2. The first kappa shape index (κ1) is 17.3. The Bertz CT molecular complexity index is 589. The normalized spacial score (nSPS) is 9.16. The molecular weight excluding hydrogens is 293 g/mol. The van der Waals surface area contributed by atoms with Gasteiger partial charge >= 0.3 is 5.97 Å². The van der Waals surface area contributed by atoms with Crippen molar-refractivity contribution in [3.63, 3.8) is 0 Å². The summed E-state index contributed by atoms with van der Waals surface area (Å²) in [5.74, 6) is -0.130. The zero-order valence-corrected chi connectivity index (χ0v) is 11.9. The molecule has 0 radical (unpaired) electrons. The fourth-order valence-corrected chi connectivity index (χ4v) is 1.56. The molecule has 0 saturated heterocycles. The Hall–Kier alpha value is -1.72. The highest BCUT2D eigenvalue weighted by molar-refractivity contribution is 5.93. The molecule has 104 valence electrons. The van der Waals surface area contributed by atoms with E-state index in [-0.39, 0.29) is 30.4 Å². The third kappa shape index (κ3) is 3.39. The molecule has 0 unspecified atom stereocenters. The molecule has 0 amide bonds. The van der Waals surface area contributed by atoms with Gasteiger partial charge in [-0.15, -0.1) is 24.8 Å². The van der Waals surface area contributed by atoms with Crippen LogP contribution in [0, 0.1) is 0 Å². The van der Waals surface area contributed by atoms with E-state index in [1.807, 2.05) is 0 Å². The zero-order chi connectivity index (χ0) is 12.4. The van der Waals surface area contributed by atoms with Crippen molar-refractivity contribution in [2.75, 3.05) is 14.2 Å². The summed E-state index contributed by atoms with van der Waals surface area (Å²) in [4.78, 5) is 15.0.